The summed E-state index contributed by atoms with van der Waals surface area (Å²) in [6.07, 6.45) is 5.49. The highest BCUT2D eigenvalue weighted by molar-refractivity contribution is 7.89. The van der Waals surface area contributed by atoms with E-state index in [4.69, 9.17) is 0 Å². The minimum absolute atomic E-state index is 0.0887. The summed E-state index contributed by atoms with van der Waals surface area (Å²) < 4.78 is 28.3. The lowest BCUT2D eigenvalue weighted by Gasteiger charge is -2.44. The largest absolute Gasteiger partial charge is 0.302 e. The fourth-order valence-electron chi connectivity index (χ4n) is 4.08. The maximum Gasteiger partial charge on any atom is 0.240 e. The van der Waals surface area contributed by atoms with Crippen molar-refractivity contribution in [3.05, 3.63) is 29.3 Å². The summed E-state index contributed by atoms with van der Waals surface area (Å²) in [5.41, 5.74) is 2.53. The topological polar surface area (TPSA) is 49.4 Å². The Morgan fingerprint density at radius 1 is 1.10 bits per heavy atom. The molecule has 3 fully saturated rings. The summed E-state index contributed by atoms with van der Waals surface area (Å²) in [7, 11) is -3.38. The monoisotopic (exact) mass is 306 g/mol. The number of piperidine rings is 3. The molecule has 2 bridgehead atoms. The van der Waals surface area contributed by atoms with Crippen LogP contribution in [0.5, 0.6) is 0 Å². The molecule has 0 amide bonds. The molecule has 4 nitrogen and oxygen atoms in total. The van der Waals surface area contributed by atoms with Gasteiger partial charge in [-0.15, -0.1) is 0 Å². The summed E-state index contributed by atoms with van der Waals surface area (Å²) >= 11 is 0. The van der Waals surface area contributed by atoms with E-state index in [1.54, 1.807) is 6.07 Å². The molecule has 3 saturated heterocycles. The molecule has 1 unspecified atom stereocenters. The van der Waals surface area contributed by atoms with Gasteiger partial charge >= 0.3 is 0 Å². The number of nitrogens with zero attached hydrogens (tertiary/aromatic N) is 1. The van der Waals surface area contributed by atoms with E-state index in [0.29, 0.717) is 10.8 Å². The number of aryl methyl sites for hydroxylation is 2. The number of rotatable bonds is 3. The molecule has 3 aliphatic heterocycles. The molecule has 21 heavy (non-hydrogen) atoms. The van der Waals surface area contributed by atoms with Gasteiger partial charge in [0.1, 0.15) is 0 Å². The third kappa shape index (κ3) is 2.51. The van der Waals surface area contributed by atoms with Gasteiger partial charge in [-0.1, -0.05) is 6.07 Å². The van der Waals surface area contributed by atoms with Crippen LogP contribution in [0.1, 0.15) is 30.4 Å². The number of benzene rings is 1. The van der Waals surface area contributed by atoms with Crippen LogP contribution in [0.4, 0.5) is 0 Å². The molecule has 1 aromatic rings. The molecule has 0 aromatic heterocycles. The Morgan fingerprint density at radius 3 is 2.57 bits per heavy atom. The quantitative estimate of drug-likeness (QED) is 0.922. The lowest BCUT2D eigenvalue weighted by Crippen LogP contribution is -2.57. The average Bonchev–Trinajstić information content (AvgIpc) is 2.95. The summed E-state index contributed by atoms with van der Waals surface area (Å²) in [4.78, 5) is 2.81. The molecule has 1 atom stereocenters. The smallest absolute Gasteiger partial charge is 0.240 e. The first-order chi connectivity index (χ1) is 10.1. The van der Waals surface area contributed by atoms with Gasteiger partial charge in [-0.3, -0.25) is 0 Å². The zero-order valence-electron chi connectivity index (χ0n) is 12.2. The number of hydrogen-bond donors (Lipinski definition) is 1. The van der Waals surface area contributed by atoms with Gasteiger partial charge in [0, 0.05) is 12.6 Å². The van der Waals surface area contributed by atoms with Crippen LogP contribution < -0.4 is 4.72 Å². The number of nitrogens with one attached hydrogen (secondary N) is 1. The lowest BCUT2D eigenvalue weighted by atomic mass is 9.85. The van der Waals surface area contributed by atoms with E-state index >= 15 is 0 Å². The van der Waals surface area contributed by atoms with Gasteiger partial charge in [-0.2, -0.15) is 0 Å². The highest BCUT2D eigenvalue weighted by Gasteiger charge is 2.36. The number of sulfonamides is 1. The van der Waals surface area contributed by atoms with Crippen LogP contribution in [0.25, 0.3) is 0 Å². The van der Waals surface area contributed by atoms with Crippen molar-refractivity contribution in [3.63, 3.8) is 0 Å². The Bertz CT molecular complexity index is 648. The second-order valence-electron chi connectivity index (χ2n) is 6.65. The van der Waals surface area contributed by atoms with E-state index in [2.05, 4.69) is 9.62 Å². The molecule has 3 heterocycles. The summed E-state index contributed by atoms with van der Waals surface area (Å²) in [6, 6.07) is 5.73. The molecule has 1 N–H and O–H groups in total. The molecule has 0 radical (unpaired) electrons. The van der Waals surface area contributed by atoms with E-state index < -0.39 is 10.0 Å². The van der Waals surface area contributed by atoms with Crippen molar-refractivity contribution in [2.24, 2.45) is 5.92 Å². The molecule has 114 valence electrons. The molecule has 0 spiro atoms. The van der Waals surface area contributed by atoms with Crippen molar-refractivity contribution < 1.29 is 8.42 Å². The molecule has 4 aliphatic rings. The van der Waals surface area contributed by atoms with E-state index in [1.165, 1.54) is 11.1 Å². The fraction of sp³-hybridized carbons (Fsp3) is 0.625. The first-order valence-electron chi connectivity index (χ1n) is 7.98. The number of fused-ring (bicyclic) bond motifs is 4. The SMILES string of the molecule is O=S(=O)(NC1CN2CCC1CC2)c1ccc2c(c1)CCC2. The van der Waals surface area contributed by atoms with Gasteiger partial charge in [0.25, 0.3) is 0 Å². The minimum atomic E-state index is -3.38. The molecule has 5 heteroatoms. The predicted octanol–water partition coefficient (Wildman–Crippen LogP) is 1.55. The molecule has 5 rings (SSSR count). The van der Waals surface area contributed by atoms with Gasteiger partial charge in [0.15, 0.2) is 0 Å². The lowest BCUT2D eigenvalue weighted by molar-refractivity contribution is 0.0827. The molecular weight excluding hydrogens is 284 g/mol. The van der Waals surface area contributed by atoms with E-state index in [1.807, 2.05) is 12.1 Å². The highest BCUT2D eigenvalue weighted by atomic mass is 32.2. The average molecular weight is 306 g/mol. The van der Waals surface area contributed by atoms with Crippen molar-refractivity contribution in [2.75, 3.05) is 19.6 Å². The predicted molar refractivity (Wildman–Crippen MR) is 81.7 cm³/mol. The van der Waals surface area contributed by atoms with Gasteiger partial charge in [-0.05, 0) is 74.4 Å². The van der Waals surface area contributed by atoms with Crippen molar-refractivity contribution in [3.8, 4) is 0 Å². The van der Waals surface area contributed by atoms with E-state index in [-0.39, 0.29) is 6.04 Å². The fourth-order valence-corrected chi connectivity index (χ4v) is 5.43. The van der Waals surface area contributed by atoms with Gasteiger partial charge in [0.2, 0.25) is 10.0 Å². The first kappa shape index (κ1) is 13.7. The van der Waals surface area contributed by atoms with Crippen LogP contribution in [0.3, 0.4) is 0 Å². The summed E-state index contributed by atoms with van der Waals surface area (Å²) in [5, 5.41) is 0. The Balaban J connectivity index is 1.56. The Hall–Kier alpha value is -0.910. The minimum Gasteiger partial charge on any atom is -0.302 e. The second-order valence-corrected chi connectivity index (χ2v) is 8.36. The molecular formula is C16H22N2O2S. The van der Waals surface area contributed by atoms with Crippen molar-refractivity contribution in [1.29, 1.82) is 0 Å². The summed E-state index contributed by atoms with van der Waals surface area (Å²) in [6.45, 7) is 3.12. The Morgan fingerprint density at radius 2 is 1.86 bits per heavy atom. The van der Waals surface area contributed by atoms with Crippen LogP contribution in [-0.2, 0) is 22.9 Å². The Labute approximate surface area is 126 Å². The second kappa shape index (κ2) is 5.07. The van der Waals surface area contributed by atoms with Gasteiger partial charge < -0.3 is 4.90 Å². The van der Waals surface area contributed by atoms with Crippen LogP contribution >= 0.6 is 0 Å². The van der Waals surface area contributed by atoms with Crippen molar-refractivity contribution >= 4 is 10.0 Å². The zero-order valence-corrected chi connectivity index (χ0v) is 13.0. The van der Waals surface area contributed by atoms with Gasteiger partial charge in [-0.25, -0.2) is 13.1 Å². The normalized spacial score (nSPS) is 31.3. The maximum atomic E-state index is 12.6. The highest BCUT2D eigenvalue weighted by Crippen LogP contribution is 2.29. The van der Waals surface area contributed by atoms with Crippen LogP contribution in [0.15, 0.2) is 23.1 Å². The van der Waals surface area contributed by atoms with E-state index in [0.717, 1.165) is 51.7 Å². The first-order valence-corrected chi connectivity index (χ1v) is 9.47. The Kier molecular flexibility index (Phi) is 3.32. The van der Waals surface area contributed by atoms with Crippen molar-refractivity contribution in [2.45, 2.75) is 43.0 Å². The summed E-state index contributed by atoms with van der Waals surface area (Å²) in [5.74, 6) is 0.513. The van der Waals surface area contributed by atoms with Crippen LogP contribution in [0, 0.1) is 5.92 Å². The third-order valence-electron chi connectivity index (χ3n) is 5.34. The van der Waals surface area contributed by atoms with Crippen LogP contribution in [-0.4, -0.2) is 39.0 Å². The van der Waals surface area contributed by atoms with E-state index in [9.17, 15) is 8.42 Å². The standard InChI is InChI=1S/C16H22N2O2S/c19-21(20,15-5-4-12-2-1-3-14(12)10-15)17-16-11-18-8-6-13(16)7-9-18/h4-5,10,13,16-17H,1-3,6-9,11H2. The molecule has 1 aromatic carbocycles. The number of hydrogen-bond acceptors (Lipinski definition) is 3. The molecule has 1 aliphatic carbocycles. The van der Waals surface area contributed by atoms with Crippen molar-refractivity contribution in [1.82, 2.24) is 9.62 Å². The van der Waals surface area contributed by atoms with Crippen LogP contribution in [0.2, 0.25) is 0 Å². The maximum absolute atomic E-state index is 12.6. The van der Waals surface area contributed by atoms with Gasteiger partial charge in [0.05, 0.1) is 4.90 Å². The third-order valence-corrected chi connectivity index (χ3v) is 6.83. The molecule has 0 saturated carbocycles. The zero-order chi connectivity index (χ0) is 14.4.